The normalized spacial score (nSPS) is 10.7. The van der Waals surface area contributed by atoms with Crippen LogP contribution in [0.15, 0.2) is 115 Å². The van der Waals surface area contributed by atoms with E-state index in [9.17, 15) is 4.79 Å². The number of benzene rings is 5. The first-order valence-corrected chi connectivity index (χ1v) is 11.5. The lowest BCUT2D eigenvalue weighted by molar-refractivity contribution is 0.102. The third-order valence-corrected chi connectivity index (χ3v) is 5.94. The van der Waals surface area contributed by atoms with Gasteiger partial charge < -0.3 is 14.8 Å². The van der Waals surface area contributed by atoms with Crippen LogP contribution in [0.1, 0.15) is 15.9 Å². The number of amides is 1. The van der Waals surface area contributed by atoms with Crippen LogP contribution in [0, 0.1) is 0 Å². The van der Waals surface area contributed by atoms with Crippen LogP contribution in [0.25, 0.3) is 21.9 Å². The second kappa shape index (κ2) is 10.1. The molecular weight excluding hydrogens is 434 g/mol. The zero-order valence-corrected chi connectivity index (χ0v) is 19.4. The summed E-state index contributed by atoms with van der Waals surface area (Å²) in [5.41, 5.74) is 4.40. The number of hydrogen-bond donors (Lipinski definition) is 1. The number of fused-ring (bicyclic) bond motifs is 1. The van der Waals surface area contributed by atoms with Gasteiger partial charge in [-0.15, -0.1) is 0 Å². The maximum absolute atomic E-state index is 13.1. The number of methoxy groups -OCH3 is 1. The highest BCUT2D eigenvalue weighted by atomic mass is 16.5. The summed E-state index contributed by atoms with van der Waals surface area (Å²) in [6.07, 6.45) is 0. The number of carbonyl (C=O) groups excluding carboxylic acids is 1. The molecule has 35 heavy (non-hydrogen) atoms. The number of carbonyl (C=O) groups is 1. The van der Waals surface area contributed by atoms with Crippen LogP contribution in [-0.2, 0) is 6.61 Å². The minimum absolute atomic E-state index is 0.183. The molecule has 0 aliphatic heterocycles. The van der Waals surface area contributed by atoms with E-state index in [-0.39, 0.29) is 12.5 Å². The summed E-state index contributed by atoms with van der Waals surface area (Å²) in [5.74, 6) is 1.24. The van der Waals surface area contributed by atoms with Gasteiger partial charge in [-0.2, -0.15) is 0 Å². The Morgan fingerprint density at radius 3 is 2.26 bits per heavy atom. The van der Waals surface area contributed by atoms with E-state index in [1.54, 1.807) is 19.2 Å². The van der Waals surface area contributed by atoms with E-state index in [1.807, 2.05) is 91.0 Å². The summed E-state index contributed by atoms with van der Waals surface area (Å²) in [6.45, 7) is 0.281. The molecule has 1 amide bonds. The zero-order chi connectivity index (χ0) is 24.0. The Kier molecular flexibility index (Phi) is 6.44. The lowest BCUT2D eigenvalue weighted by atomic mass is 10.1. The molecule has 0 unspecified atom stereocenters. The third kappa shape index (κ3) is 5.02. The van der Waals surface area contributed by atoms with Crippen molar-refractivity contribution >= 4 is 22.4 Å². The van der Waals surface area contributed by atoms with E-state index < -0.39 is 0 Å². The molecule has 172 valence electrons. The average Bonchev–Trinajstić information content (AvgIpc) is 2.92. The van der Waals surface area contributed by atoms with Crippen molar-refractivity contribution in [1.29, 1.82) is 0 Å². The summed E-state index contributed by atoms with van der Waals surface area (Å²) in [7, 11) is 1.61. The van der Waals surface area contributed by atoms with Crippen molar-refractivity contribution in [1.82, 2.24) is 0 Å². The molecule has 0 aliphatic rings. The molecule has 1 N–H and O–H groups in total. The highest BCUT2D eigenvalue weighted by Crippen LogP contribution is 2.27. The molecule has 0 spiro atoms. The number of rotatable bonds is 7. The minimum atomic E-state index is -0.183. The number of anilines is 1. The smallest absolute Gasteiger partial charge is 0.255 e. The first-order chi connectivity index (χ1) is 17.2. The lowest BCUT2D eigenvalue weighted by Gasteiger charge is -2.13. The molecule has 0 aliphatic carbocycles. The first-order valence-electron chi connectivity index (χ1n) is 11.5. The fourth-order valence-electron chi connectivity index (χ4n) is 4.10. The van der Waals surface area contributed by atoms with Gasteiger partial charge in [0.05, 0.1) is 7.11 Å². The molecule has 0 radical (unpaired) electrons. The Hall–Kier alpha value is -4.57. The molecule has 4 heteroatoms. The Morgan fingerprint density at radius 2 is 1.46 bits per heavy atom. The second-order valence-corrected chi connectivity index (χ2v) is 8.19. The maximum Gasteiger partial charge on any atom is 0.255 e. The van der Waals surface area contributed by atoms with E-state index in [1.165, 1.54) is 0 Å². The van der Waals surface area contributed by atoms with Gasteiger partial charge in [-0.25, -0.2) is 0 Å². The molecule has 0 bridgehead atoms. The minimum Gasteiger partial charge on any atom is -0.496 e. The first kappa shape index (κ1) is 22.2. The van der Waals surface area contributed by atoms with Gasteiger partial charge in [-0.05, 0) is 52.9 Å². The zero-order valence-electron chi connectivity index (χ0n) is 19.4. The van der Waals surface area contributed by atoms with Gasteiger partial charge in [-0.1, -0.05) is 78.9 Å². The van der Waals surface area contributed by atoms with Crippen molar-refractivity contribution in [2.45, 2.75) is 6.61 Å². The van der Waals surface area contributed by atoms with Crippen LogP contribution in [0.4, 0.5) is 5.69 Å². The topological polar surface area (TPSA) is 47.6 Å². The largest absolute Gasteiger partial charge is 0.496 e. The van der Waals surface area contributed by atoms with E-state index in [0.29, 0.717) is 11.3 Å². The van der Waals surface area contributed by atoms with Crippen LogP contribution < -0.4 is 14.8 Å². The molecule has 0 heterocycles. The number of ether oxygens (including phenoxy) is 2. The van der Waals surface area contributed by atoms with Crippen LogP contribution in [-0.4, -0.2) is 13.0 Å². The van der Waals surface area contributed by atoms with E-state index in [2.05, 4.69) is 17.4 Å². The lowest BCUT2D eigenvalue weighted by Crippen LogP contribution is -2.13. The summed E-state index contributed by atoms with van der Waals surface area (Å²) in [4.78, 5) is 13.1. The summed E-state index contributed by atoms with van der Waals surface area (Å²) < 4.78 is 11.5. The predicted molar refractivity (Wildman–Crippen MR) is 141 cm³/mol. The van der Waals surface area contributed by atoms with Crippen LogP contribution in [0.3, 0.4) is 0 Å². The van der Waals surface area contributed by atoms with Crippen LogP contribution in [0.2, 0.25) is 0 Å². The maximum atomic E-state index is 13.1. The molecule has 5 aromatic rings. The molecule has 0 fully saturated rings. The fraction of sp³-hybridized carbons (Fsp3) is 0.0645. The van der Waals surface area contributed by atoms with E-state index in [4.69, 9.17) is 9.47 Å². The number of hydrogen-bond acceptors (Lipinski definition) is 3. The molecule has 4 nitrogen and oxygen atoms in total. The summed E-state index contributed by atoms with van der Waals surface area (Å²) in [5, 5.41) is 5.12. The molecule has 0 aromatic heterocycles. The van der Waals surface area contributed by atoms with Crippen molar-refractivity contribution in [3.8, 4) is 22.6 Å². The Labute approximate surface area is 204 Å². The second-order valence-electron chi connectivity index (χ2n) is 8.19. The predicted octanol–water partition coefficient (Wildman–Crippen LogP) is 7.35. The Balaban J connectivity index is 1.32. The van der Waals surface area contributed by atoms with Gasteiger partial charge in [0.1, 0.15) is 18.1 Å². The SMILES string of the molecule is COc1ccc(C(=O)Nc2cccc3ccccc23)cc1COc1ccc(-c2ccccc2)cc1. The van der Waals surface area contributed by atoms with Crippen molar-refractivity contribution in [2.75, 3.05) is 12.4 Å². The number of nitrogens with one attached hydrogen (secondary N) is 1. The van der Waals surface area contributed by atoms with Gasteiger partial charge >= 0.3 is 0 Å². The molecule has 0 saturated heterocycles. The average molecular weight is 460 g/mol. The van der Waals surface area contributed by atoms with Crippen LogP contribution >= 0.6 is 0 Å². The van der Waals surface area contributed by atoms with Crippen molar-refractivity contribution < 1.29 is 14.3 Å². The molecular formula is C31H25NO3. The van der Waals surface area contributed by atoms with Crippen LogP contribution in [0.5, 0.6) is 11.5 Å². The molecule has 5 aromatic carbocycles. The van der Waals surface area contributed by atoms with Gasteiger partial charge in [0.2, 0.25) is 0 Å². The molecule has 0 saturated carbocycles. The quantitative estimate of drug-likeness (QED) is 0.277. The van der Waals surface area contributed by atoms with E-state index in [0.717, 1.165) is 38.9 Å². The summed E-state index contributed by atoms with van der Waals surface area (Å²) in [6, 6.07) is 37.4. The van der Waals surface area contributed by atoms with Gasteiger partial charge in [0, 0.05) is 22.2 Å². The van der Waals surface area contributed by atoms with E-state index >= 15 is 0 Å². The Bertz CT molecular complexity index is 1460. The molecule has 0 atom stereocenters. The van der Waals surface area contributed by atoms with Gasteiger partial charge in [0.25, 0.3) is 5.91 Å². The summed E-state index contributed by atoms with van der Waals surface area (Å²) >= 11 is 0. The van der Waals surface area contributed by atoms with Gasteiger partial charge in [-0.3, -0.25) is 4.79 Å². The Morgan fingerprint density at radius 1 is 0.743 bits per heavy atom. The monoisotopic (exact) mass is 459 g/mol. The van der Waals surface area contributed by atoms with Crippen molar-refractivity contribution in [3.05, 3.63) is 126 Å². The highest BCUT2D eigenvalue weighted by Gasteiger charge is 2.13. The van der Waals surface area contributed by atoms with Crippen molar-refractivity contribution in [2.24, 2.45) is 0 Å². The fourth-order valence-corrected chi connectivity index (χ4v) is 4.10. The standard InChI is InChI=1S/C31H25NO3/c1-34-30-19-16-25(31(33)32-29-13-7-11-24-10-5-6-12-28(24)29)20-26(30)21-35-27-17-14-23(15-18-27)22-8-3-2-4-9-22/h2-20H,21H2,1H3,(H,32,33). The van der Waals surface area contributed by atoms with Crippen molar-refractivity contribution in [3.63, 3.8) is 0 Å². The third-order valence-electron chi connectivity index (χ3n) is 5.94. The highest BCUT2D eigenvalue weighted by molar-refractivity contribution is 6.09. The molecule has 5 rings (SSSR count). The van der Waals surface area contributed by atoms with Gasteiger partial charge in [0.15, 0.2) is 0 Å².